The Labute approximate surface area is 192 Å². The van der Waals surface area contributed by atoms with E-state index < -0.39 is 0 Å². The molecule has 4 aromatic heterocycles. The van der Waals surface area contributed by atoms with E-state index in [4.69, 9.17) is 0 Å². The van der Waals surface area contributed by atoms with E-state index in [0.29, 0.717) is 11.6 Å². The van der Waals surface area contributed by atoms with Crippen LogP contribution in [0.25, 0.3) is 22.0 Å². The number of nitrogens with zero attached hydrogens (tertiary/aromatic N) is 6. The second-order valence-electron chi connectivity index (χ2n) is 8.78. The van der Waals surface area contributed by atoms with Crippen molar-refractivity contribution in [3.8, 4) is 11.3 Å². The van der Waals surface area contributed by atoms with E-state index in [9.17, 15) is 4.79 Å². The minimum absolute atomic E-state index is 0.00270. The quantitative estimate of drug-likeness (QED) is 0.459. The highest BCUT2D eigenvalue weighted by atomic mass is 16.1. The third-order valence-electron chi connectivity index (χ3n) is 6.15. The maximum atomic E-state index is 13.0. The minimum atomic E-state index is 0.00270. The lowest BCUT2D eigenvalue weighted by Gasteiger charge is -2.30. The van der Waals surface area contributed by atoms with Crippen LogP contribution in [-0.4, -0.2) is 61.6 Å². The van der Waals surface area contributed by atoms with E-state index in [1.165, 1.54) is 0 Å². The number of anilines is 1. The zero-order chi connectivity index (χ0) is 22.8. The first-order valence-electron chi connectivity index (χ1n) is 11.2. The molecule has 1 saturated heterocycles. The number of likely N-dealkylation sites (tertiary alicyclic amines) is 1. The van der Waals surface area contributed by atoms with Crippen LogP contribution in [0.1, 0.15) is 28.9 Å². The number of hydrogen-bond donors (Lipinski definition) is 1. The summed E-state index contributed by atoms with van der Waals surface area (Å²) in [5.74, 6) is 0.00270. The fourth-order valence-electron chi connectivity index (χ4n) is 4.22. The predicted octanol–water partition coefficient (Wildman–Crippen LogP) is 3.36. The molecule has 8 nitrogen and oxygen atoms in total. The van der Waals surface area contributed by atoms with Gasteiger partial charge in [0, 0.05) is 66.3 Å². The van der Waals surface area contributed by atoms with Gasteiger partial charge in [-0.15, -0.1) is 0 Å². The Hall–Kier alpha value is -3.65. The maximum absolute atomic E-state index is 13.0. The molecule has 1 aliphatic rings. The van der Waals surface area contributed by atoms with E-state index in [1.54, 1.807) is 35.7 Å². The predicted molar refractivity (Wildman–Crippen MR) is 128 cm³/mol. The number of carbonyl (C=O) groups is 1. The number of nitrogens with one attached hydrogen (secondary N) is 1. The van der Waals surface area contributed by atoms with Gasteiger partial charge in [-0.25, -0.2) is 0 Å². The number of hydrogen-bond acceptors (Lipinski definition) is 7. The van der Waals surface area contributed by atoms with Crippen molar-refractivity contribution in [1.29, 1.82) is 0 Å². The molecule has 0 unspecified atom stereocenters. The van der Waals surface area contributed by atoms with Crippen molar-refractivity contribution in [3.05, 3.63) is 66.6 Å². The molecule has 1 N–H and O–H groups in total. The van der Waals surface area contributed by atoms with Crippen LogP contribution < -0.4 is 5.32 Å². The Bertz CT molecular complexity index is 1290. The van der Waals surface area contributed by atoms with Gasteiger partial charge in [-0.3, -0.25) is 24.4 Å². The largest absolute Gasteiger partial charge is 0.381 e. The third-order valence-corrected chi connectivity index (χ3v) is 6.15. The molecular formula is C25H27N7O. The lowest BCUT2D eigenvalue weighted by molar-refractivity contribution is 0.0991. The van der Waals surface area contributed by atoms with Crippen LogP contribution in [0.15, 0.2) is 55.4 Å². The molecule has 0 amide bonds. The summed E-state index contributed by atoms with van der Waals surface area (Å²) in [7, 11) is 4.03. The van der Waals surface area contributed by atoms with Crippen molar-refractivity contribution < 1.29 is 4.79 Å². The van der Waals surface area contributed by atoms with Gasteiger partial charge in [-0.05, 0) is 56.6 Å². The first-order valence-corrected chi connectivity index (χ1v) is 11.2. The fourth-order valence-corrected chi connectivity index (χ4v) is 4.22. The van der Waals surface area contributed by atoms with Crippen LogP contribution in [0.4, 0.5) is 5.69 Å². The first-order chi connectivity index (χ1) is 16.0. The van der Waals surface area contributed by atoms with Crippen molar-refractivity contribution in [1.82, 2.24) is 29.6 Å². The summed E-state index contributed by atoms with van der Waals surface area (Å²) in [6, 6.07) is 6.29. The Kier molecular flexibility index (Phi) is 5.83. The van der Waals surface area contributed by atoms with E-state index in [0.717, 1.165) is 59.3 Å². The smallest absolute Gasteiger partial charge is 0.170 e. The molecule has 1 fully saturated rings. The number of aryl methyl sites for hydroxylation is 1. The molecule has 33 heavy (non-hydrogen) atoms. The van der Waals surface area contributed by atoms with Gasteiger partial charge in [0.25, 0.3) is 0 Å². The van der Waals surface area contributed by atoms with E-state index in [-0.39, 0.29) is 12.2 Å². The highest BCUT2D eigenvalue weighted by molar-refractivity contribution is 5.98. The molecule has 0 bridgehead atoms. The van der Waals surface area contributed by atoms with Crippen LogP contribution in [0.5, 0.6) is 0 Å². The van der Waals surface area contributed by atoms with Crippen molar-refractivity contribution in [3.63, 3.8) is 0 Å². The molecule has 4 aromatic rings. The van der Waals surface area contributed by atoms with Gasteiger partial charge < -0.3 is 10.2 Å². The first kappa shape index (κ1) is 21.2. The van der Waals surface area contributed by atoms with Gasteiger partial charge in [-0.1, -0.05) is 0 Å². The second kappa shape index (κ2) is 9.07. The van der Waals surface area contributed by atoms with Gasteiger partial charge in [0.2, 0.25) is 0 Å². The Morgan fingerprint density at radius 2 is 1.82 bits per heavy atom. The minimum Gasteiger partial charge on any atom is -0.381 e. The number of aromatic nitrogens is 5. The topological polar surface area (TPSA) is 88.8 Å². The van der Waals surface area contributed by atoms with Crippen molar-refractivity contribution in [2.75, 3.05) is 25.5 Å². The van der Waals surface area contributed by atoms with Crippen molar-refractivity contribution in [2.24, 2.45) is 7.05 Å². The van der Waals surface area contributed by atoms with E-state index in [2.05, 4.69) is 37.3 Å². The summed E-state index contributed by atoms with van der Waals surface area (Å²) in [6.07, 6.45) is 13.1. The van der Waals surface area contributed by atoms with Crippen molar-refractivity contribution in [2.45, 2.75) is 25.3 Å². The normalized spacial score (nSPS) is 15.1. The lowest BCUT2D eigenvalue weighted by atomic mass is 10.0. The Morgan fingerprint density at radius 3 is 2.61 bits per heavy atom. The number of piperidine rings is 1. The molecule has 168 valence electrons. The summed E-state index contributed by atoms with van der Waals surface area (Å²) >= 11 is 0. The number of rotatable bonds is 6. The average Bonchev–Trinajstić information content (AvgIpc) is 3.26. The molecular weight excluding hydrogens is 414 g/mol. The van der Waals surface area contributed by atoms with Crippen LogP contribution in [0.2, 0.25) is 0 Å². The zero-order valence-corrected chi connectivity index (χ0v) is 18.9. The Morgan fingerprint density at radius 1 is 1.00 bits per heavy atom. The molecule has 8 heteroatoms. The highest BCUT2D eigenvalue weighted by Crippen LogP contribution is 2.22. The van der Waals surface area contributed by atoms with E-state index >= 15 is 0 Å². The Balaban J connectivity index is 1.31. The standard InChI is InChI=1S/C25H27N7O/c1-31-5-3-21(4-6-31)30-23-8-18(11-26-15-23)25(33)10-22-7-17-9-24(20-14-29-32(2)16-20)28-13-19(17)12-27-22/h7-9,11-16,21,30H,3-6,10H2,1-2H3. The number of fused-ring (bicyclic) bond motifs is 1. The zero-order valence-electron chi connectivity index (χ0n) is 18.9. The molecule has 0 atom stereocenters. The molecule has 5 heterocycles. The van der Waals surface area contributed by atoms with Gasteiger partial charge in [0.05, 0.1) is 24.0 Å². The molecule has 0 aliphatic carbocycles. The maximum Gasteiger partial charge on any atom is 0.170 e. The molecule has 0 saturated carbocycles. The summed E-state index contributed by atoms with van der Waals surface area (Å²) in [6.45, 7) is 2.16. The fraction of sp³-hybridized carbons (Fsp3) is 0.320. The van der Waals surface area contributed by atoms with Crippen LogP contribution >= 0.6 is 0 Å². The third kappa shape index (κ3) is 4.90. The lowest BCUT2D eigenvalue weighted by Crippen LogP contribution is -2.36. The SMILES string of the molecule is CN1CCC(Nc2cncc(C(=O)Cc3cc4cc(-c5cnn(C)c5)ncc4cn3)c2)CC1. The van der Waals surface area contributed by atoms with Gasteiger partial charge in [0.1, 0.15) is 0 Å². The molecule has 1 aliphatic heterocycles. The summed E-state index contributed by atoms with van der Waals surface area (Å²) in [5, 5.41) is 9.69. The molecule has 5 rings (SSSR count). The average molecular weight is 442 g/mol. The van der Waals surface area contributed by atoms with Crippen LogP contribution in [0.3, 0.4) is 0 Å². The van der Waals surface area contributed by atoms with Crippen LogP contribution in [-0.2, 0) is 13.5 Å². The van der Waals surface area contributed by atoms with Gasteiger partial charge in [-0.2, -0.15) is 5.10 Å². The summed E-state index contributed by atoms with van der Waals surface area (Å²) in [4.78, 5) is 28.6. The van der Waals surface area contributed by atoms with Gasteiger partial charge in [0.15, 0.2) is 5.78 Å². The number of Topliss-reactive ketones (excluding diaryl/α,β-unsaturated/α-hetero) is 1. The number of carbonyl (C=O) groups excluding carboxylic acids is 1. The van der Waals surface area contributed by atoms with Crippen molar-refractivity contribution >= 4 is 22.2 Å². The van der Waals surface area contributed by atoms with Crippen LogP contribution in [0, 0.1) is 0 Å². The van der Waals surface area contributed by atoms with E-state index in [1.807, 2.05) is 31.4 Å². The summed E-state index contributed by atoms with van der Waals surface area (Å²) < 4.78 is 1.75. The summed E-state index contributed by atoms with van der Waals surface area (Å²) in [5.41, 5.74) is 4.02. The monoisotopic (exact) mass is 441 g/mol. The van der Waals surface area contributed by atoms with Gasteiger partial charge >= 0.3 is 0 Å². The molecule has 0 spiro atoms. The molecule has 0 aromatic carbocycles. The number of ketones is 1. The number of pyridine rings is 3. The highest BCUT2D eigenvalue weighted by Gasteiger charge is 2.17. The second-order valence-corrected chi connectivity index (χ2v) is 8.78. The molecule has 0 radical (unpaired) electrons.